The predicted molar refractivity (Wildman–Crippen MR) is 90.6 cm³/mol. The van der Waals surface area contributed by atoms with Gasteiger partial charge in [-0.2, -0.15) is 0 Å². The van der Waals surface area contributed by atoms with Gasteiger partial charge in [0, 0.05) is 0 Å². The Morgan fingerprint density at radius 1 is 1.20 bits per heavy atom. The summed E-state index contributed by atoms with van der Waals surface area (Å²) in [5.41, 5.74) is 1.59. The van der Waals surface area contributed by atoms with Crippen molar-refractivity contribution >= 4 is 29.2 Å². The van der Waals surface area contributed by atoms with Crippen LogP contribution in [0.15, 0.2) is 42.5 Å². The van der Waals surface area contributed by atoms with Gasteiger partial charge in [-0.3, -0.25) is 14.5 Å². The molecule has 0 aromatic heterocycles. The van der Waals surface area contributed by atoms with E-state index in [2.05, 4.69) is 5.32 Å². The van der Waals surface area contributed by atoms with Crippen molar-refractivity contribution in [2.75, 3.05) is 23.4 Å². The molecular weight excluding hydrogens is 324 g/mol. The zero-order valence-corrected chi connectivity index (χ0v) is 13.5. The Morgan fingerprint density at radius 3 is 2.76 bits per heavy atom. The van der Waals surface area contributed by atoms with Crippen molar-refractivity contribution in [3.05, 3.63) is 53.6 Å². The van der Waals surface area contributed by atoms with Crippen LogP contribution in [0.1, 0.15) is 15.9 Å². The second-order valence-electron chi connectivity index (χ2n) is 5.59. The van der Waals surface area contributed by atoms with Gasteiger partial charge in [-0.25, -0.2) is 4.79 Å². The molecule has 0 bridgehead atoms. The van der Waals surface area contributed by atoms with Crippen LogP contribution in [0.25, 0.3) is 0 Å². The van der Waals surface area contributed by atoms with Gasteiger partial charge in [0.25, 0.3) is 5.91 Å². The molecule has 0 unspecified atom stereocenters. The Hall–Kier alpha value is -3.35. The number of esters is 1. The molecule has 0 atom stereocenters. The van der Waals surface area contributed by atoms with Crippen molar-refractivity contribution in [3.63, 3.8) is 0 Å². The molecule has 2 N–H and O–H groups in total. The number of anilines is 2. The molecular formula is C18H16N2O5. The van der Waals surface area contributed by atoms with Crippen molar-refractivity contribution in [1.29, 1.82) is 0 Å². The highest BCUT2D eigenvalue weighted by atomic mass is 16.5. The first-order valence-electron chi connectivity index (χ1n) is 7.62. The van der Waals surface area contributed by atoms with Crippen LogP contribution in [0, 0.1) is 6.92 Å². The lowest BCUT2D eigenvalue weighted by Gasteiger charge is -2.28. The Kier molecular flexibility index (Phi) is 4.38. The average molecular weight is 340 g/mol. The number of fused-ring (bicyclic) bond motifs is 1. The SMILES string of the molecule is Cc1cccc(C(=O)OCC(=O)N2CC(=O)Nc3ccccc32)c1O. The van der Waals surface area contributed by atoms with Crippen molar-refractivity contribution in [1.82, 2.24) is 0 Å². The molecule has 7 nitrogen and oxygen atoms in total. The second-order valence-corrected chi connectivity index (χ2v) is 5.59. The minimum Gasteiger partial charge on any atom is -0.507 e. The molecule has 1 heterocycles. The number of carbonyl (C=O) groups excluding carboxylic acids is 3. The fourth-order valence-electron chi connectivity index (χ4n) is 2.56. The number of aromatic hydroxyl groups is 1. The zero-order valence-electron chi connectivity index (χ0n) is 13.5. The van der Waals surface area contributed by atoms with E-state index in [1.165, 1.54) is 11.0 Å². The first-order valence-corrected chi connectivity index (χ1v) is 7.62. The van der Waals surface area contributed by atoms with Gasteiger partial charge in [0.15, 0.2) is 6.61 Å². The van der Waals surface area contributed by atoms with Crippen LogP contribution in [0.2, 0.25) is 0 Å². The largest absolute Gasteiger partial charge is 0.507 e. The summed E-state index contributed by atoms with van der Waals surface area (Å²) in [5.74, 6) is -1.83. The van der Waals surface area contributed by atoms with E-state index in [4.69, 9.17) is 4.74 Å². The number of para-hydroxylation sites is 3. The Bertz CT molecular complexity index is 862. The van der Waals surface area contributed by atoms with Gasteiger partial charge in [-0.1, -0.05) is 24.3 Å². The van der Waals surface area contributed by atoms with Crippen molar-refractivity contribution in [3.8, 4) is 5.75 Å². The number of phenols is 1. The lowest BCUT2D eigenvalue weighted by Crippen LogP contribution is -2.44. The summed E-state index contributed by atoms with van der Waals surface area (Å²) >= 11 is 0. The van der Waals surface area contributed by atoms with E-state index in [0.717, 1.165) is 0 Å². The maximum absolute atomic E-state index is 12.4. The van der Waals surface area contributed by atoms with E-state index in [9.17, 15) is 19.5 Å². The summed E-state index contributed by atoms with van der Waals surface area (Å²) in [6.45, 7) is 0.970. The number of aryl methyl sites for hydroxylation is 1. The highest BCUT2D eigenvalue weighted by Gasteiger charge is 2.27. The Morgan fingerprint density at radius 2 is 1.96 bits per heavy atom. The van der Waals surface area contributed by atoms with Crippen LogP contribution in [0.5, 0.6) is 5.75 Å². The Balaban J connectivity index is 1.72. The third kappa shape index (κ3) is 3.30. The number of carbonyl (C=O) groups is 3. The molecule has 3 rings (SSSR count). The van der Waals surface area contributed by atoms with Crippen molar-refractivity contribution in [2.45, 2.75) is 6.92 Å². The summed E-state index contributed by atoms with van der Waals surface area (Å²) in [6, 6.07) is 11.5. The smallest absolute Gasteiger partial charge is 0.342 e. The predicted octanol–water partition coefficient (Wildman–Crippen LogP) is 1.84. The van der Waals surface area contributed by atoms with Gasteiger partial charge >= 0.3 is 5.97 Å². The van der Waals surface area contributed by atoms with Crippen LogP contribution in [-0.2, 0) is 14.3 Å². The van der Waals surface area contributed by atoms with E-state index in [-0.39, 0.29) is 23.8 Å². The number of benzene rings is 2. The molecule has 0 aliphatic carbocycles. The van der Waals surface area contributed by atoms with Gasteiger partial charge in [0.1, 0.15) is 17.9 Å². The van der Waals surface area contributed by atoms with E-state index < -0.39 is 18.5 Å². The van der Waals surface area contributed by atoms with Gasteiger partial charge in [-0.15, -0.1) is 0 Å². The van der Waals surface area contributed by atoms with Crippen LogP contribution in [0.4, 0.5) is 11.4 Å². The monoisotopic (exact) mass is 340 g/mol. The number of ether oxygens (including phenoxy) is 1. The number of hydrogen-bond acceptors (Lipinski definition) is 5. The van der Waals surface area contributed by atoms with E-state index >= 15 is 0 Å². The number of amides is 2. The number of nitrogens with one attached hydrogen (secondary N) is 1. The third-order valence-electron chi connectivity index (χ3n) is 3.86. The highest BCUT2D eigenvalue weighted by molar-refractivity contribution is 6.10. The summed E-state index contributed by atoms with van der Waals surface area (Å²) in [4.78, 5) is 37.5. The third-order valence-corrected chi connectivity index (χ3v) is 3.86. The highest BCUT2D eigenvalue weighted by Crippen LogP contribution is 2.29. The average Bonchev–Trinajstić information content (AvgIpc) is 2.61. The van der Waals surface area contributed by atoms with Gasteiger partial charge in [0.05, 0.1) is 11.4 Å². The molecule has 128 valence electrons. The number of phenolic OH excluding ortho intramolecular Hbond substituents is 1. The van der Waals surface area contributed by atoms with Crippen LogP contribution in [0.3, 0.4) is 0 Å². The van der Waals surface area contributed by atoms with Crippen molar-refractivity contribution < 1.29 is 24.2 Å². The standard InChI is InChI=1S/C18H16N2O5/c1-11-5-4-6-12(17(11)23)18(24)25-10-16(22)20-9-15(21)19-13-7-2-3-8-14(13)20/h2-8,23H,9-10H2,1H3,(H,19,21). The van der Waals surface area contributed by atoms with E-state index in [1.807, 2.05) is 0 Å². The molecule has 25 heavy (non-hydrogen) atoms. The van der Waals surface area contributed by atoms with Crippen LogP contribution in [-0.4, -0.2) is 36.0 Å². The summed E-state index contributed by atoms with van der Waals surface area (Å²) in [7, 11) is 0. The van der Waals surface area contributed by atoms with Crippen molar-refractivity contribution in [2.24, 2.45) is 0 Å². The summed E-state index contributed by atoms with van der Waals surface area (Å²) in [6.07, 6.45) is 0. The normalized spacial score (nSPS) is 13.0. The molecule has 0 fully saturated rings. The molecule has 1 aliphatic rings. The summed E-state index contributed by atoms with van der Waals surface area (Å²) < 4.78 is 5.01. The lowest BCUT2D eigenvalue weighted by molar-refractivity contribution is -0.124. The van der Waals surface area contributed by atoms with Gasteiger partial charge in [0.2, 0.25) is 5.91 Å². The molecule has 0 saturated heterocycles. The zero-order chi connectivity index (χ0) is 18.0. The maximum atomic E-state index is 12.4. The molecule has 2 aromatic carbocycles. The van der Waals surface area contributed by atoms with Gasteiger partial charge in [-0.05, 0) is 30.7 Å². The number of nitrogens with zero attached hydrogens (tertiary/aromatic N) is 1. The van der Waals surface area contributed by atoms with E-state index in [1.54, 1.807) is 43.3 Å². The molecule has 0 radical (unpaired) electrons. The molecule has 1 aliphatic heterocycles. The minimum atomic E-state index is -0.802. The quantitative estimate of drug-likeness (QED) is 0.831. The lowest BCUT2D eigenvalue weighted by atomic mass is 10.1. The molecule has 2 amide bonds. The molecule has 2 aromatic rings. The molecule has 0 saturated carbocycles. The van der Waals surface area contributed by atoms with E-state index in [0.29, 0.717) is 16.9 Å². The number of rotatable bonds is 3. The minimum absolute atomic E-state index is 0.00964. The van der Waals surface area contributed by atoms with Crippen LogP contribution >= 0.6 is 0 Å². The van der Waals surface area contributed by atoms with Crippen LogP contribution < -0.4 is 10.2 Å². The number of hydrogen-bond donors (Lipinski definition) is 2. The maximum Gasteiger partial charge on any atom is 0.342 e. The molecule has 0 spiro atoms. The second kappa shape index (κ2) is 6.64. The van der Waals surface area contributed by atoms with Gasteiger partial charge < -0.3 is 15.2 Å². The first-order chi connectivity index (χ1) is 12.0. The fraction of sp³-hybridized carbons (Fsp3) is 0.167. The Labute approximate surface area is 143 Å². The fourth-order valence-corrected chi connectivity index (χ4v) is 2.56. The first kappa shape index (κ1) is 16.5. The molecule has 7 heteroatoms. The summed E-state index contributed by atoms with van der Waals surface area (Å²) in [5, 5.41) is 12.6. The topological polar surface area (TPSA) is 95.9 Å².